The van der Waals surface area contributed by atoms with Crippen LogP contribution in [0.25, 0.3) is 0 Å². The van der Waals surface area contributed by atoms with Crippen molar-refractivity contribution < 1.29 is 9.59 Å². The Kier molecular flexibility index (Phi) is 10.1. The van der Waals surface area contributed by atoms with Gasteiger partial charge in [-0.1, -0.05) is 6.42 Å². The number of nitrogens with one attached hydrogen (secondary N) is 1. The van der Waals surface area contributed by atoms with Crippen molar-refractivity contribution in [2.75, 3.05) is 13.1 Å². The van der Waals surface area contributed by atoms with Crippen LogP contribution in [0.4, 0.5) is 0 Å². The van der Waals surface area contributed by atoms with Crippen LogP contribution in [0.1, 0.15) is 38.5 Å². The van der Waals surface area contributed by atoms with E-state index in [1.165, 1.54) is 0 Å². The van der Waals surface area contributed by atoms with Gasteiger partial charge in [0.15, 0.2) is 0 Å². The molecule has 0 aliphatic rings. The van der Waals surface area contributed by atoms with Gasteiger partial charge in [-0.15, -0.1) is 0 Å². The Morgan fingerprint density at radius 2 is 1.47 bits per heavy atom. The molecule has 2 unspecified atom stereocenters. The molecule has 112 valence electrons. The van der Waals surface area contributed by atoms with Crippen LogP contribution in [0, 0.1) is 0 Å². The van der Waals surface area contributed by atoms with Crippen molar-refractivity contribution in [3.8, 4) is 0 Å². The average molecular weight is 273 g/mol. The van der Waals surface area contributed by atoms with E-state index >= 15 is 0 Å². The lowest BCUT2D eigenvalue weighted by Crippen LogP contribution is -2.50. The summed E-state index contributed by atoms with van der Waals surface area (Å²) < 4.78 is 0. The molecule has 0 aromatic rings. The average Bonchev–Trinajstić information content (AvgIpc) is 2.37. The quantitative estimate of drug-likeness (QED) is 0.291. The highest BCUT2D eigenvalue weighted by Gasteiger charge is 2.21. The minimum Gasteiger partial charge on any atom is -0.368 e. The molecule has 0 aliphatic heterocycles. The fraction of sp³-hybridized carbons (Fsp3) is 0.833. The van der Waals surface area contributed by atoms with E-state index in [-0.39, 0.29) is 5.91 Å². The normalized spacial score (nSPS) is 13.8. The van der Waals surface area contributed by atoms with Crippen LogP contribution in [-0.2, 0) is 9.59 Å². The van der Waals surface area contributed by atoms with Crippen molar-refractivity contribution in [2.45, 2.75) is 50.6 Å². The van der Waals surface area contributed by atoms with Gasteiger partial charge in [0.2, 0.25) is 11.8 Å². The summed E-state index contributed by atoms with van der Waals surface area (Å²) >= 11 is 0. The Morgan fingerprint density at radius 3 is 1.95 bits per heavy atom. The maximum absolute atomic E-state index is 11.8. The van der Waals surface area contributed by atoms with E-state index in [2.05, 4.69) is 5.32 Å². The molecular formula is C12H27N5O2. The van der Waals surface area contributed by atoms with Crippen LogP contribution in [0.2, 0.25) is 0 Å². The molecule has 0 aromatic heterocycles. The van der Waals surface area contributed by atoms with Crippen LogP contribution in [0.3, 0.4) is 0 Å². The molecule has 0 saturated heterocycles. The molecule has 0 heterocycles. The van der Waals surface area contributed by atoms with Crippen LogP contribution in [0.15, 0.2) is 0 Å². The Bertz CT molecular complexity index is 273. The van der Waals surface area contributed by atoms with Gasteiger partial charge in [-0.25, -0.2) is 0 Å². The summed E-state index contributed by atoms with van der Waals surface area (Å²) in [5, 5.41) is 2.59. The first kappa shape index (κ1) is 17.8. The number of nitrogens with two attached hydrogens (primary N) is 4. The van der Waals surface area contributed by atoms with Crippen LogP contribution in [0.5, 0.6) is 0 Å². The van der Waals surface area contributed by atoms with Gasteiger partial charge >= 0.3 is 0 Å². The fourth-order valence-electron chi connectivity index (χ4n) is 1.70. The fourth-order valence-corrected chi connectivity index (χ4v) is 1.70. The Balaban J connectivity index is 4.11. The maximum Gasteiger partial charge on any atom is 0.240 e. The molecule has 0 fully saturated rings. The number of carbonyl (C=O) groups is 2. The zero-order valence-electron chi connectivity index (χ0n) is 11.4. The largest absolute Gasteiger partial charge is 0.368 e. The summed E-state index contributed by atoms with van der Waals surface area (Å²) in [4.78, 5) is 23.0. The van der Waals surface area contributed by atoms with E-state index in [1.54, 1.807) is 0 Å². The highest BCUT2D eigenvalue weighted by Crippen LogP contribution is 2.02. The smallest absolute Gasteiger partial charge is 0.240 e. The molecular weight excluding hydrogens is 246 g/mol. The van der Waals surface area contributed by atoms with Crippen molar-refractivity contribution in [1.82, 2.24) is 5.32 Å². The van der Waals surface area contributed by atoms with Gasteiger partial charge in [0, 0.05) is 0 Å². The number of amides is 2. The van der Waals surface area contributed by atoms with E-state index in [4.69, 9.17) is 22.9 Å². The van der Waals surface area contributed by atoms with Crippen LogP contribution in [-0.4, -0.2) is 37.0 Å². The highest BCUT2D eigenvalue weighted by atomic mass is 16.2. The third kappa shape index (κ3) is 8.52. The van der Waals surface area contributed by atoms with Gasteiger partial charge in [0.05, 0.1) is 6.04 Å². The molecule has 0 spiro atoms. The second-order valence-electron chi connectivity index (χ2n) is 4.64. The lowest BCUT2D eigenvalue weighted by Gasteiger charge is -2.18. The van der Waals surface area contributed by atoms with Gasteiger partial charge in [-0.05, 0) is 45.2 Å². The van der Waals surface area contributed by atoms with Crippen molar-refractivity contribution >= 4 is 11.8 Å². The summed E-state index contributed by atoms with van der Waals surface area (Å²) in [6, 6.07) is -1.29. The molecule has 0 saturated carbocycles. The highest BCUT2D eigenvalue weighted by molar-refractivity contribution is 5.88. The lowest BCUT2D eigenvalue weighted by atomic mass is 10.1. The number of hydrogen-bond acceptors (Lipinski definition) is 5. The van der Waals surface area contributed by atoms with Crippen molar-refractivity contribution in [2.24, 2.45) is 22.9 Å². The summed E-state index contributed by atoms with van der Waals surface area (Å²) in [5.41, 5.74) is 21.7. The summed E-state index contributed by atoms with van der Waals surface area (Å²) in [5.74, 6) is -0.881. The van der Waals surface area contributed by atoms with Crippen LogP contribution < -0.4 is 28.3 Å². The van der Waals surface area contributed by atoms with Gasteiger partial charge in [-0.2, -0.15) is 0 Å². The Morgan fingerprint density at radius 1 is 0.947 bits per heavy atom. The van der Waals surface area contributed by atoms with E-state index < -0.39 is 18.0 Å². The number of hydrogen-bond donors (Lipinski definition) is 5. The van der Waals surface area contributed by atoms with Gasteiger partial charge in [0.25, 0.3) is 0 Å². The third-order valence-corrected chi connectivity index (χ3v) is 2.91. The van der Waals surface area contributed by atoms with Crippen molar-refractivity contribution in [3.05, 3.63) is 0 Å². The summed E-state index contributed by atoms with van der Waals surface area (Å²) in [6.07, 6.45) is 4.20. The molecule has 0 bridgehead atoms. The number of unbranched alkanes of at least 4 members (excludes halogenated alkanes) is 2. The topological polar surface area (TPSA) is 150 Å². The molecule has 2 atom stereocenters. The second-order valence-corrected chi connectivity index (χ2v) is 4.64. The number of rotatable bonds is 11. The zero-order valence-corrected chi connectivity index (χ0v) is 11.4. The standard InChI is InChI=1S/C12H27N5O2/c13-7-3-1-5-9(15)12(19)17-10(11(16)18)6-2-4-8-14/h9-10H,1-8,13-15H2,(H2,16,18)(H,17,19). The zero-order chi connectivity index (χ0) is 14.7. The molecule has 0 rings (SSSR count). The molecule has 7 heteroatoms. The van der Waals surface area contributed by atoms with E-state index in [0.717, 1.165) is 25.7 Å². The van der Waals surface area contributed by atoms with Gasteiger partial charge < -0.3 is 28.3 Å². The molecule has 0 aromatic carbocycles. The molecule has 2 amide bonds. The first-order valence-electron chi connectivity index (χ1n) is 6.78. The van der Waals surface area contributed by atoms with E-state index in [9.17, 15) is 9.59 Å². The predicted octanol–water partition coefficient (Wildman–Crippen LogP) is -1.46. The summed E-state index contributed by atoms with van der Waals surface area (Å²) in [6.45, 7) is 1.13. The molecule has 19 heavy (non-hydrogen) atoms. The molecule has 0 aliphatic carbocycles. The first-order valence-corrected chi connectivity index (χ1v) is 6.78. The van der Waals surface area contributed by atoms with Crippen LogP contribution >= 0.6 is 0 Å². The molecule has 7 nitrogen and oxygen atoms in total. The number of carbonyl (C=O) groups excluding carboxylic acids is 2. The minimum atomic E-state index is -0.667. The SMILES string of the molecule is NCCCCC(N)C(=O)NC(CCCCN)C(N)=O. The summed E-state index contributed by atoms with van der Waals surface area (Å²) in [7, 11) is 0. The maximum atomic E-state index is 11.8. The second kappa shape index (κ2) is 10.7. The van der Waals surface area contributed by atoms with Gasteiger partial charge in [-0.3, -0.25) is 9.59 Å². The first-order chi connectivity index (χ1) is 9.02. The Hall–Kier alpha value is -1.18. The van der Waals surface area contributed by atoms with Gasteiger partial charge in [0.1, 0.15) is 6.04 Å². The minimum absolute atomic E-state index is 0.339. The van der Waals surface area contributed by atoms with Crippen molar-refractivity contribution in [3.63, 3.8) is 0 Å². The molecule has 0 radical (unpaired) electrons. The predicted molar refractivity (Wildman–Crippen MR) is 74.9 cm³/mol. The molecule has 9 N–H and O–H groups in total. The number of primary amides is 1. The Labute approximate surface area is 114 Å². The van der Waals surface area contributed by atoms with E-state index in [0.29, 0.717) is 25.9 Å². The van der Waals surface area contributed by atoms with Crippen molar-refractivity contribution in [1.29, 1.82) is 0 Å². The lowest BCUT2D eigenvalue weighted by molar-refractivity contribution is -0.128. The van der Waals surface area contributed by atoms with E-state index in [1.807, 2.05) is 0 Å². The third-order valence-electron chi connectivity index (χ3n) is 2.91. The monoisotopic (exact) mass is 273 g/mol.